The number of rotatable bonds is 9. The summed E-state index contributed by atoms with van der Waals surface area (Å²) in [5.41, 5.74) is 1.30. The summed E-state index contributed by atoms with van der Waals surface area (Å²) in [6.07, 6.45) is 17.3. The summed E-state index contributed by atoms with van der Waals surface area (Å²) >= 11 is 2.46. The van der Waals surface area contributed by atoms with Crippen molar-refractivity contribution in [2.45, 2.75) is 83.2 Å². The van der Waals surface area contributed by atoms with Crippen molar-refractivity contribution in [3.8, 4) is 0 Å². The number of aryl methyl sites for hydroxylation is 1. The minimum absolute atomic E-state index is 0.606. The lowest BCUT2D eigenvalue weighted by Gasteiger charge is -2.38. The Bertz CT molecular complexity index is 479. The number of nitrogens with zero attached hydrogens (tertiary/aromatic N) is 4. The highest BCUT2D eigenvalue weighted by molar-refractivity contribution is 14.1. The SMILES string of the molecule is CCCCCCCCCc1cnc(N2C3CCC2CN(I)C3)nc1. The number of hydrogen-bond donors (Lipinski definition) is 0. The van der Waals surface area contributed by atoms with Gasteiger partial charge in [0.1, 0.15) is 0 Å². The molecule has 5 heteroatoms. The summed E-state index contributed by atoms with van der Waals surface area (Å²) in [5, 5.41) is 0. The average molecular weight is 442 g/mol. The lowest BCUT2D eigenvalue weighted by Crippen LogP contribution is -2.51. The lowest BCUT2D eigenvalue weighted by molar-refractivity contribution is 0.380. The number of anilines is 1. The van der Waals surface area contributed by atoms with Crippen LogP contribution in [0.2, 0.25) is 0 Å². The molecule has 0 aromatic carbocycles. The molecule has 2 aliphatic heterocycles. The second kappa shape index (κ2) is 9.32. The molecule has 0 aliphatic carbocycles. The molecule has 2 saturated heterocycles. The van der Waals surface area contributed by atoms with Gasteiger partial charge in [0.25, 0.3) is 0 Å². The molecular weight excluding hydrogens is 411 g/mol. The maximum absolute atomic E-state index is 4.70. The molecular formula is C19H31IN4. The zero-order valence-electron chi connectivity index (χ0n) is 15.0. The zero-order valence-corrected chi connectivity index (χ0v) is 17.1. The van der Waals surface area contributed by atoms with Crippen molar-refractivity contribution in [1.82, 2.24) is 13.1 Å². The summed E-state index contributed by atoms with van der Waals surface area (Å²) < 4.78 is 2.42. The van der Waals surface area contributed by atoms with Crippen LogP contribution in [0.1, 0.15) is 70.3 Å². The summed E-state index contributed by atoms with van der Waals surface area (Å²) in [4.78, 5) is 11.9. The highest BCUT2D eigenvalue weighted by Crippen LogP contribution is 2.33. The normalized spacial score (nSPS) is 23.8. The molecule has 0 N–H and O–H groups in total. The molecule has 0 radical (unpaired) electrons. The van der Waals surface area contributed by atoms with Crippen LogP contribution in [0.4, 0.5) is 5.95 Å². The average Bonchev–Trinajstić information content (AvgIpc) is 2.86. The van der Waals surface area contributed by atoms with Crippen molar-refractivity contribution in [2.24, 2.45) is 0 Å². The number of aromatic nitrogens is 2. The molecule has 1 aromatic rings. The van der Waals surface area contributed by atoms with Crippen LogP contribution < -0.4 is 4.90 Å². The maximum Gasteiger partial charge on any atom is 0.225 e. The molecule has 2 fully saturated rings. The van der Waals surface area contributed by atoms with Gasteiger partial charge in [0.15, 0.2) is 0 Å². The van der Waals surface area contributed by atoms with E-state index in [9.17, 15) is 0 Å². The van der Waals surface area contributed by atoms with Crippen LogP contribution in [0.15, 0.2) is 12.4 Å². The molecule has 0 saturated carbocycles. The molecule has 2 atom stereocenters. The second-order valence-corrected chi connectivity index (χ2v) is 8.75. The molecule has 3 rings (SSSR count). The highest BCUT2D eigenvalue weighted by Gasteiger charge is 2.40. The van der Waals surface area contributed by atoms with Gasteiger partial charge >= 0.3 is 0 Å². The van der Waals surface area contributed by atoms with Crippen LogP contribution in [-0.4, -0.2) is 38.3 Å². The van der Waals surface area contributed by atoms with Gasteiger partial charge in [-0.05, 0) is 31.2 Å². The molecule has 0 spiro atoms. The molecule has 1 aromatic heterocycles. The van der Waals surface area contributed by atoms with Crippen LogP contribution in [0, 0.1) is 0 Å². The zero-order chi connectivity index (χ0) is 16.8. The van der Waals surface area contributed by atoms with Gasteiger partial charge in [0, 0.05) is 60.4 Å². The Balaban J connectivity index is 1.43. The van der Waals surface area contributed by atoms with Crippen LogP contribution in [0.5, 0.6) is 0 Å². The van der Waals surface area contributed by atoms with Crippen molar-refractivity contribution in [3.63, 3.8) is 0 Å². The van der Waals surface area contributed by atoms with E-state index in [1.54, 1.807) is 0 Å². The van der Waals surface area contributed by atoms with E-state index < -0.39 is 0 Å². The third kappa shape index (κ3) is 4.81. The van der Waals surface area contributed by atoms with Crippen molar-refractivity contribution in [3.05, 3.63) is 18.0 Å². The maximum atomic E-state index is 4.70. The van der Waals surface area contributed by atoms with E-state index in [0.717, 1.165) is 25.5 Å². The fourth-order valence-corrected chi connectivity index (χ4v) is 4.98. The quantitative estimate of drug-likeness (QED) is 0.313. The predicted molar refractivity (Wildman–Crippen MR) is 109 cm³/mol. The van der Waals surface area contributed by atoms with E-state index in [4.69, 9.17) is 9.97 Å². The molecule has 4 nitrogen and oxygen atoms in total. The first-order chi connectivity index (χ1) is 11.8. The van der Waals surface area contributed by atoms with Gasteiger partial charge in [-0.2, -0.15) is 0 Å². The first kappa shape index (κ1) is 18.4. The van der Waals surface area contributed by atoms with E-state index in [1.165, 1.54) is 63.4 Å². The van der Waals surface area contributed by atoms with Crippen molar-refractivity contribution in [1.29, 1.82) is 0 Å². The molecule has 134 valence electrons. The van der Waals surface area contributed by atoms with Crippen molar-refractivity contribution in [2.75, 3.05) is 18.0 Å². The van der Waals surface area contributed by atoms with Gasteiger partial charge in [-0.25, -0.2) is 13.1 Å². The molecule has 2 unspecified atom stereocenters. The Morgan fingerprint density at radius 2 is 1.54 bits per heavy atom. The summed E-state index contributed by atoms with van der Waals surface area (Å²) in [6.45, 7) is 4.55. The number of hydrogen-bond acceptors (Lipinski definition) is 4. The highest BCUT2D eigenvalue weighted by atomic mass is 127. The third-order valence-electron chi connectivity index (χ3n) is 5.43. The number of piperazine rings is 1. The fraction of sp³-hybridized carbons (Fsp3) is 0.789. The van der Waals surface area contributed by atoms with E-state index in [2.05, 4.69) is 50.2 Å². The van der Waals surface area contributed by atoms with Gasteiger partial charge < -0.3 is 4.90 Å². The third-order valence-corrected chi connectivity index (χ3v) is 6.22. The van der Waals surface area contributed by atoms with E-state index in [-0.39, 0.29) is 0 Å². The molecule has 3 heterocycles. The smallest absolute Gasteiger partial charge is 0.225 e. The van der Waals surface area contributed by atoms with E-state index in [1.807, 2.05) is 0 Å². The summed E-state index contributed by atoms with van der Waals surface area (Å²) in [6, 6.07) is 1.21. The van der Waals surface area contributed by atoms with Gasteiger partial charge in [0.2, 0.25) is 5.95 Å². The first-order valence-corrected chi connectivity index (χ1v) is 10.7. The number of unbranched alkanes of at least 4 members (excludes halogenated alkanes) is 6. The van der Waals surface area contributed by atoms with Gasteiger partial charge in [0.05, 0.1) is 0 Å². The molecule has 0 amide bonds. The van der Waals surface area contributed by atoms with Crippen LogP contribution >= 0.6 is 22.9 Å². The molecule has 2 bridgehead atoms. The topological polar surface area (TPSA) is 32.3 Å². The van der Waals surface area contributed by atoms with Crippen molar-refractivity contribution < 1.29 is 0 Å². The largest absolute Gasteiger partial charge is 0.332 e. The van der Waals surface area contributed by atoms with Gasteiger partial charge in [-0.15, -0.1) is 0 Å². The Labute approximate surface area is 160 Å². The predicted octanol–water partition coefficient (Wildman–Crippen LogP) is 4.77. The standard InChI is InChI=1S/C19H31IN4/c1-2-3-4-5-6-7-8-9-16-12-21-19(22-13-16)24-17-10-11-18(24)15-23(20)14-17/h12-13,17-18H,2-11,14-15H2,1H3. The van der Waals surface area contributed by atoms with Crippen LogP contribution in [0.3, 0.4) is 0 Å². The Morgan fingerprint density at radius 1 is 0.958 bits per heavy atom. The summed E-state index contributed by atoms with van der Waals surface area (Å²) in [5.74, 6) is 0.954. The van der Waals surface area contributed by atoms with E-state index in [0.29, 0.717) is 12.1 Å². The van der Waals surface area contributed by atoms with Crippen LogP contribution in [0.25, 0.3) is 0 Å². The Morgan fingerprint density at radius 3 is 2.17 bits per heavy atom. The first-order valence-electron chi connectivity index (χ1n) is 9.78. The Kier molecular flexibility index (Phi) is 7.13. The van der Waals surface area contributed by atoms with Gasteiger partial charge in [-0.1, -0.05) is 45.4 Å². The monoisotopic (exact) mass is 442 g/mol. The Hall–Kier alpha value is -0.430. The fourth-order valence-electron chi connectivity index (χ4n) is 4.07. The number of fused-ring (bicyclic) bond motifs is 2. The minimum atomic E-state index is 0.606. The molecule has 2 aliphatic rings. The lowest BCUT2D eigenvalue weighted by atomic mass is 10.1. The van der Waals surface area contributed by atoms with E-state index >= 15 is 0 Å². The van der Waals surface area contributed by atoms with Gasteiger partial charge in [-0.3, -0.25) is 0 Å². The second-order valence-electron chi connectivity index (χ2n) is 7.38. The van der Waals surface area contributed by atoms with Crippen molar-refractivity contribution >= 4 is 28.8 Å². The molecule has 24 heavy (non-hydrogen) atoms. The summed E-state index contributed by atoms with van der Waals surface area (Å²) in [7, 11) is 0. The minimum Gasteiger partial charge on any atom is -0.332 e. The number of halogens is 1. The van der Waals surface area contributed by atoms with Crippen LogP contribution in [-0.2, 0) is 6.42 Å².